The second-order valence-electron chi connectivity index (χ2n) is 7.91. The van der Waals surface area contributed by atoms with Crippen LogP contribution in [0.15, 0.2) is 54.6 Å². The summed E-state index contributed by atoms with van der Waals surface area (Å²) < 4.78 is 0. The molecule has 1 saturated heterocycles. The van der Waals surface area contributed by atoms with Crippen molar-refractivity contribution >= 4 is 11.8 Å². The quantitative estimate of drug-likeness (QED) is 0.759. The molecule has 0 spiro atoms. The van der Waals surface area contributed by atoms with Gasteiger partial charge in [0.05, 0.1) is 12.5 Å². The van der Waals surface area contributed by atoms with E-state index in [0.717, 1.165) is 43.6 Å². The van der Waals surface area contributed by atoms with Gasteiger partial charge in [0.1, 0.15) is 0 Å². The molecule has 0 bridgehead atoms. The van der Waals surface area contributed by atoms with Gasteiger partial charge in [-0.05, 0) is 57.0 Å². The van der Waals surface area contributed by atoms with E-state index in [9.17, 15) is 9.59 Å². The molecule has 154 valence electrons. The van der Waals surface area contributed by atoms with Crippen molar-refractivity contribution in [2.75, 3.05) is 26.7 Å². The zero-order valence-electron chi connectivity index (χ0n) is 17.4. The van der Waals surface area contributed by atoms with E-state index >= 15 is 0 Å². The largest absolute Gasteiger partial charge is 0.345 e. The summed E-state index contributed by atoms with van der Waals surface area (Å²) in [5.74, 6) is 0.442. The van der Waals surface area contributed by atoms with Crippen molar-refractivity contribution in [3.63, 3.8) is 0 Å². The Balaban J connectivity index is 1.71. The Morgan fingerprint density at radius 3 is 2.52 bits per heavy atom. The van der Waals surface area contributed by atoms with Gasteiger partial charge in [-0.25, -0.2) is 0 Å². The van der Waals surface area contributed by atoms with Gasteiger partial charge in [0.2, 0.25) is 5.91 Å². The molecule has 0 aliphatic carbocycles. The lowest BCUT2D eigenvalue weighted by Crippen LogP contribution is -2.44. The van der Waals surface area contributed by atoms with Gasteiger partial charge in [-0.2, -0.15) is 0 Å². The molecule has 3 rings (SSSR count). The van der Waals surface area contributed by atoms with Gasteiger partial charge < -0.3 is 15.5 Å². The predicted molar refractivity (Wildman–Crippen MR) is 116 cm³/mol. The molecule has 2 amide bonds. The van der Waals surface area contributed by atoms with Crippen LogP contribution in [0.25, 0.3) is 0 Å². The summed E-state index contributed by atoms with van der Waals surface area (Å²) in [5.41, 5.74) is 2.67. The van der Waals surface area contributed by atoms with E-state index in [1.54, 1.807) is 0 Å². The van der Waals surface area contributed by atoms with E-state index in [4.69, 9.17) is 0 Å². The van der Waals surface area contributed by atoms with Gasteiger partial charge in [-0.1, -0.05) is 48.0 Å². The predicted octanol–water partition coefficient (Wildman–Crippen LogP) is 3.31. The van der Waals surface area contributed by atoms with Gasteiger partial charge in [0.15, 0.2) is 0 Å². The highest BCUT2D eigenvalue weighted by atomic mass is 16.2. The minimum absolute atomic E-state index is 0.101. The van der Waals surface area contributed by atoms with Crippen LogP contribution in [0.1, 0.15) is 46.8 Å². The third-order valence-electron chi connectivity index (χ3n) is 5.56. The summed E-state index contributed by atoms with van der Waals surface area (Å²) in [6, 6.07) is 16.9. The molecule has 2 aromatic carbocycles. The number of nitrogens with one attached hydrogen (secondary N) is 2. The minimum Gasteiger partial charge on any atom is -0.345 e. The van der Waals surface area contributed by atoms with Crippen LogP contribution in [0.2, 0.25) is 0 Å². The average molecular weight is 394 g/mol. The summed E-state index contributed by atoms with van der Waals surface area (Å²) in [4.78, 5) is 27.8. The van der Waals surface area contributed by atoms with Crippen LogP contribution in [0.5, 0.6) is 0 Å². The van der Waals surface area contributed by atoms with E-state index in [0.29, 0.717) is 11.5 Å². The minimum atomic E-state index is -0.345. The number of benzene rings is 2. The van der Waals surface area contributed by atoms with Gasteiger partial charge in [-0.3, -0.25) is 9.59 Å². The van der Waals surface area contributed by atoms with Gasteiger partial charge in [-0.15, -0.1) is 0 Å². The zero-order chi connectivity index (χ0) is 20.6. The number of likely N-dealkylation sites (tertiary alicyclic amines) is 1. The first-order chi connectivity index (χ1) is 14.1. The van der Waals surface area contributed by atoms with Gasteiger partial charge >= 0.3 is 0 Å². The Hall–Kier alpha value is -2.66. The van der Waals surface area contributed by atoms with Crippen molar-refractivity contribution in [1.29, 1.82) is 0 Å². The number of carbonyl (C=O) groups excluding carboxylic acids is 2. The second-order valence-corrected chi connectivity index (χ2v) is 7.91. The van der Waals surface area contributed by atoms with Gasteiger partial charge in [0, 0.05) is 18.7 Å². The first kappa shape index (κ1) is 21.1. The average Bonchev–Trinajstić information content (AvgIpc) is 2.74. The molecule has 29 heavy (non-hydrogen) atoms. The normalized spacial score (nSPS) is 17.6. The summed E-state index contributed by atoms with van der Waals surface area (Å²) >= 11 is 0. The number of amides is 2. The standard InChI is InChI=1S/C24H31N3O2/c1-18-10-12-21(13-11-18)24(29)26-22(20-8-4-3-5-9-20)15-23(28)27-14-6-7-19(17-27)16-25-2/h3-5,8-13,19,22,25H,6-7,14-17H2,1-2H3,(H,26,29). The summed E-state index contributed by atoms with van der Waals surface area (Å²) in [7, 11) is 1.95. The Bertz CT molecular complexity index is 803. The van der Waals surface area contributed by atoms with Crippen molar-refractivity contribution in [1.82, 2.24) is 15.5 Å². The Labute approximate surface area is 173 Å². The molecule has 2 unspecified atom stereocenters. The van der Waals surface area contributed by atoms with Crippen LogP contribution in [0.3, 0.4) is 0 Å². The molecule has 0 aromatic heterocycles. The fraction of sp³-hybridized carbons (Fsp3) is 0.417. The first-order valence-corrected chi connectivity index (χ1v) is 10.4. The number of aryl methyl sites for hydroxylation is 1. The lowest BCUT2D eigenvalue weighted by Gasteiger charge is -2.34. The van der Waals surface area contributed by atoms with Crippen LogP contribution in [0, 0.1) is 12.8 Å². The molecule has 2 atom stereocenters. The van der Waals surface area contributed by atoms with Crippen LogP contribution < -0.4 is 10.6 Å². The molecule has 1 aliphatic rings. The van der Waals surface area contributed by atoms with Crippen molar-refractivity contribution in [3.8, 4) is 0 Å². The third kappa shape index (κ3) is 5.91. The Morgan fingerprint density at radius 2 is 1.83 bits per heavy atom. The van der Waals surface area contributed by atoms with E-state index in [-0.39, 0.29) is 24.3 Å². The summed E-state index contributed by atoms with van der Waals surface area (Å²) in [6.07, 6.45) is 2.45. The highest BCUT2D eigenvalue weighted by Crippen LogP contribution is 2.22. The zero-order valence-corrected chi connectivity index (χ0v) is 17.4. The number of hydrogen-bond donors (Lipinski definition) is 2. The highest BCUT2D eigenvalue weighted by molar-refractivity contribution is 5.94. The monoisotopic (exact) mass is 393 g/mol. The molecule has 0 saturated carbocycles. The number of rotatable bonds is 7. The second kappa shape index (κ2) is 10.2. The lowest BCUT2D eigenvalue weighted by molar-refractivity contribution is -0.133. The number of nitrogens with zero attached hydrogens (tertiary/aromatic N) is 1. The van der Waals surface area contributed by atoms with E-state index in [2.05, 4.69) is 10.6 Å². The molecule has 5 nitrogen and oxygen atoms in total. The van der Waals surface area contributed by atoms with Crippen molar-refractivity contribution in [2.45, 2.75) is 32.2 Å². The number of piperidine rings is 1. The molecule has 2 aromatic rings. The molecule has 1 aliphatic heterocycles. The van der Waals surface area contributed by atoms with Crippen molar-refractivity contribution in [2.24, 2.45) is 5.92 Å². The van der Waals surface area contributed by atoms with Crippen LogP contribution >= 0.6 is 0 Å². The van der Waals surface area contributed by atoms with Crippen molar-refractivity contribution < 1.29 is 9.59 Å². The van der Waals surface area contributed by atoms with Gasteiger partial charge in [0.25, 0.3) is 5.91 Å². The molecule has 2 N–H and O–H groups in total. The van der Waals surface area contributed by atoms with Crippen LogP contribution in [0.4, 0.5) is 0 Å². The molecule has 1 heterocycles. The summed E-state index contributed by atoms with van der Waals surface area (Å²) in [6.45, 7) is 4.50. The molecular formula is C24H31N3O2. The fourth-order valence-electron chi connectivity index (χ4n) is 3.93. The Morgan fingerprint density at radius 1 is 1.10 bits per heavy atom. The maximum absolute atomic E-state index is 13.0. The topological polar surface area (TPSA) is 61.4 Å². The molecule has 1 fully saturated rings. The SMILES string of the molecule is CNCC1CCCN(C(=O)CC(NC(=O)c2ccc(C)cc2)c2ccccc2)C1. The van der Waals surface area contributed by atoms with Crippen LogP contribution in [-0.2, 0) is 4.79 Å². The fourth-order valence-corrected chi connectivity index (χ4v) is 3.93. The van der Waals surface area contributed by atoms with E-state index < -0.39 is 0 Å². The lowest BCUT2D eigenvalue weighted by atomic mass is 9.96. The maximum Gasteiger partial charge on any atom is 0.251 e. The molecule has 0 radical (unpaired) electrons. The highest BCUT2D eigenvalue weighted by Gasteiger charge is 2.26. The molecular weight excluding hydrogens is 362 g/mol. The number of hydrogen-bond acceptors (Lipinski definition) is 3. The molecule has 5 heteroatoms. The van der Waals surface area contributed by atoms with E-state index in [1.165, 1.54) is 0 Å². The number of carbonyl (C=O) groups is 2. The van der Waals surface area contributed by atoms with Crippen LogP contribution in [-0.4, -0.2) is 43.4 Å². The Kier molecular flexibility index (Phi) is 7.42. The maximum atomic E-state index is 13.0. The van der Waals surface area contributed by atoms with E-state index in [1.807, 2.05) is 73.5 Å². The summed E-state index contributed by atoms with van der Waals surface area (Å²) in [5, 5.41) is 6.29. The smallest absolute Gasteiger partial charge is 0.251 e. The van der Waals surface area contributed by atoms with Crippen molar-refractivity contribution in [3.05, 3.63) is 71.3 Å². The first-order valence-electron chi connectivity index (χ1n) is 10.4. The third-order valence-corrected chi connectivity index (χ3v) is 5.56.